The second-order valence-corrected chi connectivity index (χ2v) is 6.39. The summed E-state index contributed by atoms with van der Waals surface area (Å²) in [4.78, 5) is 57.7. The van der Waals surface area contributed by atoms with Crippen LogP contribution in [0, 0.1) is 5.92 Å². The van der Waals surface area contributed by atoms with Gasteiger partial charge < -0.3 is 32.9 Å². The molecule has 0 heterocycles. The topological polar surface area (TPSA) is 208 Å². The van der Waals surface area contributed by atoms with Gasteiger partial charge in [-0.3, -0.25) is 19.2 Å². The van der Waals surface area contributed by atoms with Crippen molar-refractivity contribution in [3.8, 4) is 0 Å². The molecule has 4 unspecified atom stereocenters. The quantitative estimate of drug-likeness (QED) is 0.208. The third-order valence-electron chi connectivity index (χ3n) is 4.13. The normalized spacial score (nSPS) is 15.1. The summed E-state index contributed by atoms with van der Waals surface area (Å²) in [5.41, 5.74) is 15.7. The molecule has 4 atom stereocenters. The van der Waals surface area contributed by atoms with E-state index >= 15 is 0 Å². The Bertz CT molecular complexity index is 568. The number of hydrogen-bond acceptors (Lipinski definition) is 6. The summed E-state index contributed by atoms with van der Waals surface area (Å²) in [7, 11) is 0. The third kappa shape index (κ3) is 9.54. The Morgan fingerprint density at radius 1 is 0.926 bits per heavy atom. The van der Waals surface area contributed by atoms with Gasteiger partial charge in [0, 0.05) is 12.8 Å². The first-order valence-corrected chi connectivity index (χ1v) is 8.65. The SMILES string of the molecule is CCC(C)C(NC(=O)C(CCC(N)=O)NC(=O)C(N)CCC(N)=O)C(=O)O. The lowest BCUT2D eigenvalue weighted by molar-refractivity contribution is -0.144. The van der Waals surface area contributed by atoms with Crippen molar-refractivity contribution < 1.29 is 29.1 Å². The van der Waals surface area contributed by atoms with Crippen LogP contribution in [0.1, 0.15) is 46.0 Å². The Labute approximate surface area is 157 Å². The fraction of sp³-hybridized carbons (Fsp3) is 0.688. The molecule has 0 aromatic carbocycles. The molecular formula is C16H29N5O6. The van der Waals surface area contributed by atoms with E-state index in [4.69, 9.17) is 17.2 Å². The average Bonchev–Trinajstić information content (AvgIpc) is 2.59. The summed E-state index contributed by atoms with van der Waals surface area (Å²) < 4.78 is 0. The first-order chi connectivity index (χ1) is 12.5. The van der Waals surface area contributed by atoms with Crippen LogP contribution in [0.15, 0.2) is 0 Å². The molecule has 0 bridgehead atoms. The smallest absolute Gasteiger partial charge is 0.326 e. The van der Waals surface area contributed by atoms with E-state index in [-0.39, 0.29) is 31.6 Å². The van der Waals surface area contributed by atoms with E-state index in [1.165, 1.54) is 0 Å². The number of carboxylic acid groups (broad SMARTS) is 1. The van der Waals surface area contributed by atoms with Gasteiger partial charge in [-0.05, 0) is 18.8 Å². The number of aliphatic carboxylic acids is 1. The van der Waals surface area contributed by atoms with Crippen molar-refractivity contribution in [2.45, 2.75) is 64.1 Å². The number of amides is 4. The zero-order valence-electron chi connectivity index (χ0n) is 15.6. The van der Waals surface area contributed by atoms with Crippen molar-refractivity contribution in [1.29, 1.82) is 0 Å². The molecule has 0 aliphatic rings. The molecular weight excluding hydrogens is 358 g/mol. The number of nitrogens with one attached hydrogen (secondary N) is 2. The fourth-order valence-electron chi connectivity index (χ4n) is 2.20. The van der Waals surface area contributed by atoms with Crippen molar-refractivity contribution in [3.05, 3.63) is 0 Å². The largest absolute Gasteiger partial charge is 0.480 e. The van der Waals surface area contributed by atoms with Gasteiger partial charge in [0.15, 0.2) is 0 Å². The molecule has 9 N–H and O–H groups in total. The number of rotatable bonds is 13. The van der Waals surface area contributed by atoms with Gasteiger partial charge >= 0.3 is 5.97 Å². The minimum atomic E-state index is -1.21. The Morgan fingerprint density at radius 3 is 1.89 bits per heavy atom. The maximum atomic E-state index is 12.5. The highest BCUT2D eigenvalue weighted by atomic mass is 16.4. The van der Waals surface area contributed by atoms with Gasteiger partial charge in [-0.15, -0.1) is 0 Å². The van der Waals surface area contributed by atoms with Gasteiger partial charge in [0.2, 0.25) is 23.6 Å². The van der Waals surface area contributed by atoms with Crippen molar-refractivity contribution in [1.82, 2.24) is 10.6 Å². The highest BCUT2D eigenvalue weighted by Crippen LogP contribution is 2.09. The second kappa shape index (κ2) is 11.8. The summed E-state index contributed by atoms with van der Waals surface area (Å²) in [5.74, 6) is -4.36. The van der Waals surface area contributed by atoms with Crippen LogP contribution in [0.25, 0.3) is 0 Å². The van der Waals surface area contributed by atoms with E-state index in [9.17, 15) is 29.1 Å². The molecule has 154 valence electrons. The number of carbonyl (C=O) groups excluding carboxylic acids is 4. The monoisotopic (exact) mass is 387 g/mol. The van der Waals surface area contributed by atoms with Crippen LogP contribution in [0.4, 0.5) is 0 Å². The zero-order valence-corrected chi connectivity index (χ0v) is 15.6. The standard InChI is InChI=1S/C16H29N5O6/c1-3-8(2)13(16(26)27)21-15(25)10(5-7-12(19)23)20-14(24)9(17)4-6-11(18)22/h8-10,13H,3-7,17H2,1-2H3,(H2,18,22)(H2,19,23)(H,20,24)(H,21,25)(H,26,27). The first-order valence-electron chi connectivity index (χ1n) is 8.65. The predicted molar refractivity (Wildman–Crippen MR) is 95.8 cm³/mol. The average molecular weight is 387 g/mol. The Balaban J connectivity index is 5.12. The van der Waals surface area contributed by atoms with Crippen molar-refractivity contribution in [3.63, 3.8) is 0 Å². The molecule has 0 aromatic heterocycles. The van der Waals surface area contributed by atoms with Crippen LogP contribution < -0.4 is 27.8 Å². The van der Waals surface area contributed by atoms with Gasteiger partial charge in [-0.2, -0.15) is 0 Å². The minimum Gasteiger partial charge on any atom is -0.480 e. The zero-order chi connectivity index (χ0) is 21.1. The molecule has 0 saturated carbocycles. The second-order valence-electron chi connectivity index (χ2n) is 6.39. The molecule has 0 radical (unpaired) electrons. The van der Waals surface area contributed by atoms with Gasteiger partial charge in [0.25, 0.3) is 0 Å². The first kappa shape index (κ1) is 24.3. The number of nitrogens with two attached hydrogens (primary N) is 3. The van der Waals surface area contributed by atoms with Crippen LogP contribution in [-0.2, 0) is 24.0 Å². The maximum Gasteiger partial charge on any atom is 0.326 e. The number of hydrogen-bond donors (Lipinski definition) is 6. The molecule has 0 spiro atoms. The summed E-state index contributed by atoms with van der Waals surface area (Å²) >= 11 is 0. The molecule has 0 fully saturated rings. The molecule has 0 aromatic rings. The third-order valence-corrected chi connectivity index (χ3v) is 4.13. The number of primary amides is 2. The lowest BCUT2D eigenvalue weighted by Crippen LogP contribution is -2.55. The van der Waals surface area contributed by atoms with Crippen LogP contribution >= 0.6 is 0 Å². The highest BCUT2D eigenvalue weighted by molar-refractivity contribution is 5.92. The molecule has 11 nitrogen and oxygen atoms in total. The van der Waals surface area contributed by atoms with Gasteiger partial charge in [-0.1, -0.05) is 20.3 Å². The highest BCUT2D eigenvalue weighted by Gasteiger charge is 2.30. The van der Waals surface area contributed by atoms with Gasteiger partial charge in [0.1, 0.15) is 12.1 Å². The molecule has 11 heteroatoms. The predicted octanol–water partition coefficient (Wildman–Crippen LogP) is -2.05. The fourth-order valence-corrected chi connectivity index (χ4v) is 2.20. The van der Waals surface area contributed by atoms with E-state index in [2.05, 4.69) is 10.6 Å². The molecule has 0 aliphatic carbocycles. The molecule has 0 rings (SSSR count). The Kier molecular flexibility index (Phi) is 10.7. The van der Waals surface area contributed by atoms with Crippen LogP contribution in [0.2, 0.25) is 0 Å². The number of carbonyl (C=O) groups is 5. The van der Waals surface area contributed by atoms with E-state index < -0.39 is 47.7 Å². The van der Waals surface area contributed by atoms with E-state index in [0.717, 1.165) is 0 Å². The molecule has 27 heavy (non-hydrogen) atoms. The Morgan fingerprint density at radius 2 is 1.44 bits per heavy atom. The van der Waals surface area contributed by atoms with Crippen LogP contribution in [0.5, 0.6) is 0 Å². The van der Waals surface area contributed by atoms with E-state index in [0.29, 0.717) is 6.42 Å². The molecule has 0 aliphatic heterocycles. The maximum absolute atomic E-state index is 12.5. The summed E-state index contributed by atoms with van der Waals surface area (Å²) in [6.45, 7) is 3.44. The van der Waals surface area contributed by atoms with Crippen molar-refractivity contribution >= 4 is 29.6 Å². The lowest BCUT2D eigenvalue weighted by Gasteiger charge is -2.25. The van der Waals surface area contributed by atoms with Crippen molar-refractivity contribution in [2.75, 3.05) is 0 Å². The van der Waals surface area contributed by atoms with Gasteiger partial charge in [0.05, 0.1) is 6.04 Å². The summed E-state index contributed by atoms with van der Waals surface area (Å²) in [5, 5.41) is 14.0. The van der Waals surface area contributed by atoms with Gasteiger partial charge in [-0.25, -0.2) is 4.79 Å². The van der Waals surface area contributed by atoms with Crippen LogP contribution in [-0.4, -0.2) is 52.8 Å². The summed E-state index contributed by atoms with van der Waals surface area (Å²) in [6, 6.07) is -3.44. The molecule has 0 saturated heterocycles. The van der Waals surface area contributed by atoms with E-state index in [1.807, 2.05) is 0 Å². The van der Waals surface area contributed by atoms with Crippen LogP contribution in [0.3, 0.4) is 0 Å². The minimum absolute atomic E-state index is 0.0179. The lowest BCUT2D eigenvalue weighted by atomic mass is 9.98. The van der Waals surface area contributed by atoms with Crippen molar-refractivity contribution in [2.24, 2.45) is 23.1 Å². The number of carboxylic acids is 1. The Hall–Kier alpha value is -2.69. The van der Waals surface area contributed by atoms with E-state index in [1.54, 1.807) is 13.8 Å². The summed E-state index contributed by atoms with van der Waals surface area (Å²) in [6.07, 6.45) is 0.0591. The molecule has 4 amide bonds.